The molecule has 0 N–H and O–H groups in total. The number of benzene rings is 9. The van der Waals surface area contributed by atoms with Crippen LogP contribution in [-0.4, -0.2) is 12.1 Å². The molecule has 364 valence electrons. The largest absolute Gasteiger partial charge is 0.489 e. The fraction of sp³-hybridized carbons (Fsp3) is 0.141. The van der Waals surface area contributed by atoms with Crippen LogP contribution in [0.5, 0.6) is 40.2 Å². The van der Waals surface area contributed by atoms with Gasteiger partial charge in [-0.15, -0.1) is 0 Å². The lowest BCUT2D eigenvalue weighted by atomic mass is 9.93. The van der Waals surface area contributed by atoms with Crippen LogP contribution in [-0.2, 0) is 50.8 Å². The van der Waals surface area contributed by atoms with Crippen LogP contribution in [0.15, 0.2) is 231 Å². The average molecular weight is 967 g/mol. The second kappa shape index (κ2) is 23.8. The first-order valence-corrected chi connectivity index (χ1v) is 24.4. The highest BCUT2D eigenvalue weighted by Gasteiger charge is 2.38. The number of fused-ring (bicyclic) bond motifs is 1. The van der Waals surface area contributed by atoms with Crippen molar-refractivity contribution in [3.8, 4) is 40.2 Å². The average Bonchev–Trinajstić information content (AvgIpc) is 3.45. The van der Waals surface area contributed by atoms with Gasteiger partial charge in [0.25, 0.3) is 0 Å². The molecule has 0 radical (unpaired) electrons. The van der Waals surface area contributed by atoms with Gasteiger partial charge in [0.2, 0.25) is 5.75 Å². The molecule has 0 saturated heterocycles. The zero-order chi connectivity index (χ0) is 49.4. The number of hydrogen-bond acceptors (Lipinski definition) is 9. The Morgan fingerprint density at radius 1 is 0.397 bits per heavy atom. The summed E-state index contributed by atoms with van der Waals surface area (Å²) in [5.74, 6) is 3.00. The van der Waals surface area contributed by atoms with Crippen molar-refractivity contribution in [2.24, 2.45) is 0 Å². The molecule has 2 atom stereocenters. The van der Waals surface area contributed by atoms with E-state index < -0.39 is 18.2 Å². The second-order valence-electron chi connectivity index (χ2n) is 17.6. The molecular formula is C64H54O9. The summed E-state index contributed by atoms with van der Waals surface area (Å²) in [7, 11) is 0. The first-order valence-electron chi connectivity index (χ1n) is 24.4. The van der Waals surface area contributed by atoms with E-state index >= 15 is 0 Å². The summed E-state index contributed by atoms with van der Waals surface area (Å²) >= 11 is 0. The zero-order valence-electron chi connectivity index (χ0n) is 40.2. The van der Waals surface area contributed by atoms with Crippen molar-refractivity contribution in [3.63, 3.8) is 0 Å². The number of ether oxygens (including phenoxy) is 8. The quantitative estimate of drug-likeness (QED) is 0.0653. The Morgan fingerprint density at radius 2 is 0.781 bits per heavy atom. The lowest BCUT2D eigenvalue weighted by Crippen LogP contribution is -2.35. The van der Waals surface area contributed by atoms with Crippen molar-refractivity contribution in [2.75, 3.05) is 0 Å². The molecule has 9 aromatic carbocycles. The number of hydrogen-bond donors (Lipinski definition) is 0. The van der Waals surface area contributed by atoms with Gasteiger partial charge in [0, 0.05) is 29.7 Å². The first-order chi connectivity index (χ1) is 36.1. The van der Waals surface area contributed by atoms with E-state index in [-0.39, 0.29) is 32.8 Å². The van der Waals surface area contributed by atoms with E-state index in [1.807, 2.05) is 206 Å². The summed E-state index contributed by atoms with van der Waals surface area (Å²) in [4.78, 5) is 14.4. The normalized spacial score (nSPS) is 13.6. The molecule has 0 amide bonds. The Hall–Kier alpha value is -8.95. The zero-order valence-corrected chi connectivity index (χ0v) is 40.2. The van der Waals surface area contributed by atoms with Gasteiger partial charge in [-0.25, -0.2) is 4.79 Å². The van der Waals surface area contributed by atoms with Crippen LogP contribution in [0.3, 0.4) is 0 Å². The summed E-state index contributed by atoms with van der Waals surface area (Å²) in [5.41, 5.74) is 7.64. The van der Waals surface area contributed by atoms with Crippen LogP contribution in [0, 0.1) is 0 Å². The molecular weight excluding hydrogens is 913 g/mol. The number of carbonyl (C=O) groups is 1. The first kappa shape index (κ1) is 47.7. The fourth-order valence-electron chi connectivity index (χ4n) is 8.45. The van der Waals surface area contributed by atoms with Crippen molar-refractivity contribution in [1.82, 2.24) is 0 Å². The molecule has 9 nitrogen and oxygen atoms in total. The molecule has 1 aliphatic rings. The molecule has 9 aromatic rings. The highest BCUT2D eigenvalue weighted by molar-refractivity contribution is 5.89. The smallest absolute Gasteiger partial charge is 0.338 e. The monoisotopic (exact) mass is 966 g/mol. The van der Waals surface area contributed by atoms with Crippen LogP contribution in [0.1, 0.15) is 61.0 Å². The SMILES string of the molecule is O=C(OC1Cc2c(OCc3ccccc3)cc(OCc3ccccc3)cc2OC1c1cc(OCc2ccccc2)c(OCc2ccccc2)c(OCc2ccccc2)c1)c1ccc(OCc2ccccc2)cc1. The van der Waals surface area contributed by atoms with Gasteiger partial charge in [-0.3, -0.25) is 0 Å². The molecule has 2 unspecified atom stereocenters. The maximum absolute atomic E-state index is 14.4. The van der Waals surface area contributed by atoms with Gasteiger partial charge >= 0.3 is 5.97 Å². The number of esters is 1. The number of carbonyl (C=O) groups excluding carboxylic acids is 1. The summed E-state index contributed by atoms with van der Waals surface area (Å²) in [6.07, 6.45) is -1.51. The van der Waals surface area contributed by atoms with Gasteiger partial charge < -0.3 is 37.9 Å². The maximum Gasteiger partial charge on any atom is 0.338 e. The van der Waals surface area contributed by atoms with Gasteiger partial charge in [0.15, 0.2) is 17.6 Å². The van der Waals surface area contributed by atoms with Gasteiger partial charge in [0.05, 0.1) is 5.56 Å². The lowest BCUT2D eigenvalue weighted by Gasteiger charge is -2.35. The minimum Gasteiger partial charge on any atom is -0.489 e. The Bertz CT molecular complexity index is 3090. The highest BCUT2D eigenvalue weighted by atomic mass is 16.6. The van der Waals surface area contributed by atoms with E-state index in [4.69, 9.17) is 37.9 Å². The van der Waals surface area contributed by atoms with Crippen LogP contribution in [0.2, 0.25) is 0 Å². The van der Waals surface area contributed by atoms with Crippen LogP contribution in [0.25, 0.3) is 0 Å². The molecule has 0 aromatic heterocycles. The summed E-state index contributed by atoms with van der Waals surface area (Å²) in [5, 5.41) is 0. The Balaban J connectivity index is 1.04. The number of rotatable bonds is 21. The molecule has 73 heavy (non-hydrogen) atoms. The van der Waals surface area contributed by atoms with Crippen molar-refractivity contribution in [1.29, 1.82) is 0 Å². The van der Waals surface area contributed by atoms with E-state index in [0.29, 0.717) is 64.6 Å². The van der Waals surface area contributed by atoms with Crippen molar-refractivity contribution >= 4 is 5.97 Å². The van der Waals surface area contributed by atoms with E-state index in [0.717, 1.165) is 38.9 Å². The van der Waals surface area contributed by atoms with Gasteiger partial charge in [0.1, 0.15) is 68.7 Å². The molecule has 0 aliphatic carbocycles. The molecule has 0 spiro atoms. The van der Waals surface area contributed by atoms with Crippen molar-refractivity contribution in [3.05, 3.63) is 281 Å². The molecule has 1 heterocycles. The molecule has 0 bridgehead atoms. The third kappa shape index (κ3) is 12.9. The minimum atomic E-state index is -0.877. The topological polar surface area (TPSA) is 90.9 Å². The Morgan fingerprint density at radius 3 is 1.22 bits per heavy atom. The molecule has 9 heteroatoms. The predicted molar refractivity (Wildman–Crippen MR) is 280 cm³/mol. The lowest BCUT2D eigenvalue weighted by molar-refractivity contribution is -0.0190. The Labute approximate surface area is 426 Å². The van der Waals surface area contributed by atoms with E-state index in [9.17, 15) is 4.79 Å². The van der Waals surface area contributed by atoms with Gasteiger partial charge in [-0.05, 0) is 69.8 Å². The van der Waals surface area contributed by atoms with Crippen LogP contribution >= 0.6 is 0 Å². The van der Waals surface area contributed by atoms with Gasteiger partial charge in [-0.1, -0.05) is 182 Å². The second-order valence-corrected chi connectivity index (χ2v) is 17.6. The summed E-state index contributed by atoms with van der Waals surface area (Å²) in [6.45, 7) is 1.74. The fourth-order valence-corrected chi connectivity index (χ4v) is 8.45. The third-order valence-electron chi connectivity index (χ3n) is 12.3. The predicted octanol–water partition coefficient (Wildman–Crippen LogP) is 14.1. The summed E-state index contributed by atoms with van der Waals surface area (Å²) < 4.78 is 53.0. The molecule has 0 fully saturated rings. The third-order valence-corrected chi connectivity index (χ3v) is 12.3. The Kier molecular flexibility index (Phi) is 15.5. The minimum absolute atomic E-state index is 0.236. The maximum atomic E-state index is 14.4. The van der Waals surface area contributed by atoms with Crippen molar-refractivity contribution < 1.29 is 42.7 Å². The standard InChI is InChI=1S/C64H54O9/c65-64(52-31-33-54(34-32-52)66-40-46-19-7-1-8-20-46)73-61-39-56-57(68-42-48-23-11-3-12-24-48)37-55(67-41-47-21-9-2-10-22-47)38-58(56)72-62(61)53-35-59(69-43-49-25-13-4-14-26-49)63(71-45-51-29-17-6-18-30-51)60(36-53)70-44-50-27-15-5-16-28-50/h1-38,61-62H,39-45H2. The van der Waals surface area contributed by atoms with E-state index in [1.54, 1.807) is 24.3 Å². The summed E-state index contributed by atoms with van der Waals surface area (Å²) in [6, 6.07) is 74.2. The van der Waals surface area contributed by atoms with E-state index in [2.05, 4.69) is 0 Å². The highest BCUT2D eigenvalue weighted by Crippen LogP contribution is 2.48. The van der Waals surface area contributed by atoms with Crippen LogP contribution in [0.4, 0.5) is 0 Å². The van der Waals surface area contributed by atoms with Gasteiger partial charge in [-0.2, -0.15) is 0 Å². The molecule has 1 aliphatic heterocycles. The molecule has 10 rings (SSSR count). The molecule has 0 saturated carbocycles. The van der Waals surface area contributed by atoms with Crippen molar-refractivity contribution in [2.45, 2.75) is 58.3 Å². The van der Waals surface area contributed by atoms with Crippen LogP contribution < -0.4 is 33.2 Å². The van der Waals surface area contributed by atoms with E-state index in [1.165, 1.54) is 0 Å².